The number of nitriles is 1. The van der Waals surface area contributed by atoms with E-state index < -0.39 is 0 Å². The summed E-state index contributed by atoms with van der Waals surface area (Å²) < 4.78 is 0. The fourth-order valence-corrected chi connectivity index (χ4v) is 5.35. The van der Waals surface area contributed by atoms with Crippen molar-refractivity contribution in [3.8, 4) is 28.3 Å². The summed E-state index contributed by atoms with van der Waals surface area (Å²) in [7, 11) is 0. The first-order valence-corrected chi connectivity index (χ1v) is 14.6. The minimum absolute atomic E-state index is 0.114. The molecule has 1 aromatic heterocycles. The van der Waals surface area contributed by atoms with Gasteiger partial charge in [0.15, 0.2) is 0 Å². The summed E-state index contributed by atoms with van der Waals surface area (Å²) in [6.45, 7) is 4.75. The first-order valence-electron chi connectivity index (χ1n) is 14.2. The highest BCUT2D eigenvalue weighted by Crippen LogP contribution is 2.38. The average molecular weight is 592 g/mol. The second-order valence-electron chi connectivity index (χ2n) is 10.4. The molecule has 5 N–H and O–H groups in total. The largest absolute Gasteiger partial charge is 0.395 e. The number of aryl methyl sites for hydroxylation is 1. The maximum absolute atomic E-state index is 9.91. The molecule has 4 aromatic carbocycles. The first kappa shape index (κ1) is 30.2. The van der Waals surface area contributed by atoms with E-state index in [0.29, 0.717) is 42.5 Å². The van der Waals surface area contributed by atoms with Crippen molar-refractivity contribution in [2.45, 2.75) is 20.0 Å². The summed E-state index contributed by atoms with van der Waals surface area (Å²) in [5.74, 6) is 0. The van der Waals surface area contributed by atoms with E-state index in [-0.39, 0.29) is 13.2 Å². The fraction of sp³-hybridized carbons (Fsp3) is 0.200. The minimum Gasteiger partial charge on any atom is -0.395 e. The number of hydrogen-bond donors (Lipinski definition) is 5. The lowest BCUT2D eigenvalue weighted by Crippen LogP contribution is -2.17. The number of halogens is 1. The van der Waals surface area contributed by atoms with Crippen LogP contribution in [0.15, 0.2) is 85.1 Å². The number of rotatable bonds is 12. The fourth-order valence-electron chi connectivity index (χ4n) is 5.04. The van der Waals surface area contributed by atoms with Crippen molar-refractivity contribution in [2.24, 2.45) is 0 Å². The zero-order valence-corrected chi connectivity index (χ0v) is 24.7. The molecule has 43 heavy (non-hydrogen) atoms. The zero-order valence-electron chi connectivity index (χ0n) is 24.0. The third kappa shape index (κ3) is 7.20. The monoisotopic (exact) mass is 591 g/mol. The maximum atomic E-state index is 9.91. The number of fused-ring (bicyclic) bond motifs is 1. The second-order valence-corrected chi connectivity index (χ2v) is 10.8. The highest BCUT2D eigenvalue weighted by molar-refractivity contribution is 6.34. The standard InChI is InChI=1S/C35H34ClN5O2/c1-23-16-29(27-8-4-25(5-9-27)21-39-13-15-43)17-32(36)34(23)41-35-30(19-37)22-40-33-18-28(10-11-31(33)35)26-6-2-24(3-7-26)20-38-12-14-42/h2-11,16-18,22,38-39,42-43H,12-15,20-21H2,1H3,(H,40,41). The molecule has 0 amide bonds. The second kappa shape index (κ2) is 14.3. The van der Waals surface area contributed by atoms with Crippen molar-refractivity contribution in [1.82, 2.24) is 15.6 Å². The molecule has 0 fully saturated rings. The molecule has 0 aliphatic rings. The predicted octanol–water partition coefficient (Wildman–Crippen LogP) is 6.31. The Balaban J connectivity index is 1.41. The Labute approximate surface area is 256 Å². The summed E-state index contributed by atoms with van der Waals surface area (Å²) in [5.41, 5.74) is 10.0. The van der Waals surface area contributed by atoms with Gasteiger partial charge in [0.2, 0.25) is 0 Å². The summed E-state index contributed by atoms with van der Waals surface area (Å²) in [6, 6.07) is 28.9. The van der Waals surface area contributed by atoms with Gasteiger partial charge in [0, 0.05) is 37.8 Å². The van der Waals surface area contributed by atoms with E-state index in [1.807, 2.05) is 31.2 Å². The van der Waals surface area contributed by atoms with Crippen molar-refractivity contribution in [3.05, 3.63) is 112 Å². The number of anilines is 2. The lowest BCUT2D eigenvalue weighted by Gasteiger charge is -2.17. The molecule has 0 saturated heterocycles. The van der Waals surface area contributed by atoms with Gasteiger partial charge >= 0.3 is 0 Å². The Bertz CT molecular complexity index is 1730. The van der Waals surface area contributed by atoms with Crippen LogP contribution in [-0.4, -0.2) is 41.5 Å². The van der Waals surface area contributed by atoms with Gasteiger partial charge in [-0.3, -0.25) is 4.98 Å². The van der Waals surface area contributed by atoms with Gasteiger partial charge in [0.1, 0.15) is 6.07 Å². The molecule has 0 radical (unpaired) electrons. The van der Waals surface area contributed by atoms with Crippen molar-refractivity contribution in [1.29, 1.82) is 5.26 Å². The molecule has 0 unspecified atom stereocenters. The van der Waals surface area contributed by atoms with E-state index >= 15 is 0 Å². The van der Waals surface area contributed by atoms with Gasteiger partial charge in [-0.15, -0.1) is 0 Å². The molecule has 7 nitrogen and oxygen atoms in total. The van der Waals surface area contributed by atoms with Crippen LogP contribution in [0.25, 0.3) is 33.2 Å². The van der Waals surface area contributed by atoms with E-state index in [0.717, 1.165) is 55.5 Å². The molecular weight excluding hydrogens is 558 g/mol. The Morgan fingerprint density at radius 2 is 1.33 bits per heavy atom. The van der Waals surface area contributed by atoms with Gasteiger partial charge in [-0.05, 0) is 64.1 Å². The Morgan fingerprint density at radius 1 is 0.744 bits per heavy atom. The molecular formula is C35H34ClN5O2. The number of aliphatic hydroxyl groups is 2. The predicted molar refractivity (Wildman–Crippen MR) is 174 cm³/mol. The van der Waals surface area contributed by atoms with Crippen molar-refractivity contribution in [3.63, 3.8) is 0 Å². The van der Waals surface area contributed by atoms with Crippen LogP contribution in [0.5, 0.6) is 0 Å². The molecule has 0 saturated carbocycles. The van der Waals surface area contributed by atoms with Crippen molar-refractivity contribution < 1.29 is 10.2 Å². The molecule has 1 heterocycles. The van der Waals surface area contributed by atoms with Crippen LogP contribution in [0, 0.1) is 18.3 Å². The van der Waals surface area contributed by atoms with Crippen LogP contribution in [0.2, 0.25) is 5.02 Å². The van der Waals surface area contributed by atoms with Gasteiger partial charge in [-0.25, -0.2) is 0 Å². The van der Waals surface area contributed by atoms with Crippen LogP contribution in [-0.2, 0) is 13.1 Å². The molecule has 0 spiro atoms. The number of nitrogens with one attached hydrogen (secondary N) is 3. The third-order valence-electron chi connectivity index (χ3n) is 7.34. The van der Waals surface area contributed by atoms with Gasteiger partial charge in [0.05, 0.1) is 40.7 Å². The summed E-state index contributed by atoms with van der Waals surface area (Å²) in [5, 5.41) is 39.1. The quantitative estimate of drug-likeness (QED) is 0.108. The highest BCUT2D eigenvalue weighted by atomic mass is 35.5. The summed E-state index contributed by atoms with van der Waals surface area (Å²) >= 11 is 6.84. The van der Waals surface area contributed by atoms with E-state index in [4.69, 9.17) is 21.8 Å². The van der Waals surface area contributed by atoms with E-state index in [9.17, 15) is 5.26 Å². The van der Waals surface area contributed by atoms with Crippen molar-refractivity contribution in [2.75, 3.05) is 31.6 Å². The average Bonchev–Trinajstić information content (AvgIpc) is 3.03. The van der Waals surface area contributed by atoms with Crippen LogP contribution < -0.4 is 16.0 Å². The summed E-state index contributed by atoms with van der Waals surface area (Å²) in [6.07, 6.45) is 1.60. The normalized spacial score (nSPS) is 11.0. The highest BCUT2D eigenvalue weighted by Gasteiger charge is 2.15. The molecule has 5 rings (SSSR count). The number of aromatic nitrogens is 1. The topological polar surface area (TPSA) is 113 Å². The van der Waals surface area contributed by atoms with Gasteiger partial charge in [-0.2, -0.15) is 5.26 Å². The molecule has 0 bridgehead atoms. The molecule has 218 valence electrons. The van der Waals surface area contributed by atoms with Crippen LogP contribution in [0.3, 0.4) is 0 Å². The molecule has 0 aliphatic carbocycles. The van der Waals surface area contributed by atoms with Crippen LogP contribution >= 0.6 is 11.6 Å². The molecule has 5 aromatic rings. The molecule has 0 atom stereocenters. The lowest BCUT2D eigenvalue weighted by atomic mass is 9.99. The van der Waals surface area contributed by atoms with Gasteiger partial charge < -0.3 is 26.2 Å². The van der Waals surface area contributed by atoms with E-state index in [2.05, 4.69) is 81.6 Å². The zero-order chi connectivity index (χ0) is 30.2. The Hall–Kier alpha value is -4.29. The van der Waals surface area contributed by atoms with Gasteiger partial charge in [-0.1, -0.05) is 72.3 Å². The van der Waals surface area contributed by atoms with Crippen LogP contribution in [0.4, 0.5) is 11.4 Å². The number of nitrogens with zero attached hydrogens (tertiary/aromatic N) is 2. The minimum atomic E-state index is 0.114. The van der Waals surface area contributed by atoms with Crippen LogP contribution in [0.1, 0.15) is 22.3 Å². The Morgan fingerprint density at radius 3 is 1.88 bits per heavy atom. The first-order chi connectivity index (χ1) is 21.0. The summed E-state index contributed by atoms with van der Waals surface area (Å²) in [4.78, 5) is 4.59. The number of pyridine rings is 1. The molecule has 8 heteroatoms. The maximum Gasteiger partial charge on any atom is 0.103 e. The molecule has 0 aliphatic heterocycles. The number of benzene rings is 4. The van der Waals surface area contributed by atoms with E-state index in [1.165, 1.54) is 0 Å². The third-order valence-corrected chi connectivity index (χ3v) is 7.64. The van der Waals surface area contributed by atoms with Gasteiger partial charge in [0.25, 0.3) is 0 Å². The smallest absolute Gasteiger partial charge is 0.103 e. The van der Waals surface area contributed by atoms with E-state index in [1.54, 1.807) is 6.20 Å². The SMILES string of the molecule is Cc1cc(-c2ccc(CNCCO)cc2)cc(Cl)c1Nc1c(C#N)cnc2cc(-c3ccc(CNCCO)cc3)ccc12. The van der Waals surface area contributed by atoms with Crippen molar-refractivity contribution >= 4 is 33.9 Å². The lowest BCUT2D eigenvalue weighted by molar-refractivity contribution is 0.291. The number of aliphatic hydroxyl groups excluding tert-OH is 2. The number of hydrogen-bond acceptors (Lipinski definition) is 7. The Kier molecular flexibility index (Phi) is 10.0.